The number of hydrogen-bond donors (Lipinski definition) is 2. The molecule has 2 N–H and O–H groups in total. The second-order valence-corrected chi connectivity index (χ2v) is 13.2. The summed E-state index contributed by atoms with van der Waals surface area (Å²) in [4.78, 5) is 11.9. The molecule has 152 valence electrons. The Bertz CT molecular complexity index is 473. The summed E-state index contributed by atoms with van der Waals surface area (Å²) in [6, 6.07) is 2.99. The van der Waals surface area contributed by atoms with E-state index in [0.29, 0.717) is 19.3 Å². The summed E-state index contributed by atoms with van der Waals surface area (Å²) in [5.74, 6) is -0.254. The zero-order valence-electron chi connectivity index (χ0n) is 17.4. The van der Waals surface area contributed by atoms with E-state index in [-0.39, 0.29) is 12.6 Å². The molecule has 0 spiro atoms. The van der Waals surface area contributed by atoms with Crippen molar-refractivity contribution in [1.29, 1.82) is 0 Å². The predicted octanol–water partition coefficient (Wildman–Crippen LogP) is 3.80. The maximum atomic E-state index is 11.9. The summed E-state index contributed by atoms with van der Waals surface area (Å²) < 4.78 is 11.8. The zero-order chi connectivity index (χ0) is 20.0. The topological polar surface area (TPSA) is 76.0 Å². The number of esters is 1. The summed E-state index contributed by atoms with van der Waals surface area (Å²) in [6.07, 6.45) is 3.59. The summed E-state index contributed by atoms with van der Waals surface area (Å²) in [7, 11) is -1.90. The molecule has 0 aromatic rings. The predicted molar refractivity (Wildman–Crippen MR) is 106 cm³/mol. The van der Waals surface area contributed by atoms with Gasteiger partial charge in [0.15, 0.2) is 8.32 Å². The Kier molecular flexibility index (Phi) is 8.52. The Labute approximate surface area is 159 Å². The molecule has 0 saturated carbocycles. The fourth-order valence-electron chi connectivity index (χ4n) is 3.39. The van der Waals surface area contributed by atoms with Crippen molar-refractivity contribution in [2.24, 2.45) is 5.41 Å². The Morgan fingerprint density at radius 2 is 1.81 bits per heavy atom. The van der Waals surface area contributed by atoms with Crippen LogP contribution in [-0.2, 0) is 14.0 Å². The van der Waals surface area contributed by atoms with Crippen molar-refractivity contribution in [3.63, 3.8) is 0 Å². The van der Waals surface area contributed by atoms with Gasteiger partial charge in [-0.2, -0.15) is 0 Å². The SMILES string of the molecule is CC[Si](CC)(CC)O[C@@H]1CC=C[C@@H](O)[C@]1(O)CCCOC(=O)C(C)(C)C. The van der Waals surface area contributed by atoms with Gasteiger partial charge < -0.3 is 19.4 Å². The van der Waals surface area contributed by atoms with Crippen molar-refractivity contribution in [2.75, 3.05) is 6.61 Å². The van der Waals surface area contributed by atoms with Crippen molar-refractivity contribution in [3.05, 3.63) is 12.2 Å². The first kappa shape index (κ1) is 23.3. The average Bonchev–Trinajstić information content (AvgIpc) is 2.59. The van der Waals surface area contributed by atoms with Crippen LogP contribution in [0.5, 0.6) is 0 Å². The van der Waals surface area contributed by atoms with E-state index >= 15 is 0 Å². The Morgan fingerprint density at radius 1 is 1.23 bits per heavy atom. The van der Waals surface area contributed by atoms with Crippen LogP contribution in [0.15, 0.2) is 12.2 Å². The number of carbonyl (C=O) groups excluding carboxylic acids is 1. The lowest BCUT2D eigenvalue weighted by Gasteiger charge is -2.45. The lowest BCUT2D eigenvalue weighted by Crippen LogP contribution is -2.57. The van der Waals surface area contributed by atoms with Crippen molar-refractivity contribution in [1.82, 2.24) is 0 Å². The first-order valence-corrected chi connectivity index (χ1v) is 12.5. The van der Waals surface area contributed by atoms with Crippen LogP contribution < -0.4 is 0 Å². The minimum Gasteiger partial charge on any atom is -0.465 e. The Morgan fingerprint density at radius 3 is 2.31 bits per heavy atom. The number of carbonyl (C=O) groups is 1. The zero-order valence-corrected chi connectivity index (χ0v) is 18.4. The number of aliphatic hydroxyl groups is 2. The molecule has 0 unspecified atom stereocenters. The van der Waals surface area contributed by atoms with Crippen molar-refractivity contribution in [2.45, 2.75) is 96.7 Å². The van der Waals surface area contributed by atoms with E-state index in [9.17, 15) is 15.0 Å². The average molecular weight is 387 g/mol. The first-order valence-electron chi connectivity index (χ1n) is 9.96. The van der Waals surface area contributed by atoms with Gasteiger partial charge in [-0.15, -0.1) is 0 Å². The van der Waals surface area contributed by atoms with Crippen LogP contribution in [0.1, 0.15) is 60.8 Å². The van der Waals surface area contributed by atoms with E-state index < -0.39 is 31.5 Å². The lowest BCUT2D eigenvalue weighted by atomic mass is 9.80. The van der Waals surface area contributed by atoms with Crippen LogP contribution in [0.3, 0.4) is 0 Å². The molecule has 5 nitrogen and oxygen atoms in total. The van der Waals surface area contributed by atoms with Gasteiger partial charge in [0, 0.05) is 0 Å². The normalized spacial score (nSPS) is 26.8. The molecule has 0 heterocycles. The Hall–Kier alpha value is -0.693. The molecule has 0 saturated heterocycles. The summed E-state index contributed by atoms with van der Waals surface area (Å²) in [6.45, 7) is 12.1. The van der Waals surface area contributed by atoms with E-state index in [1.165, 1.54) is 0 Å². The van der Waals surface area contributed by atoms with E-state index in [4.69, 9.17) is 9.16 Å². The van der Waals surface area contributed by atoms with Gasteiger partial charge in [0.25, 0.3) is 0 Å². The molecule has 6 heteroatoms. The smallest absolute Gasteiger partial charge is 0.311 e. The molecule has 1 aliphatic rings. The maximum Gasteiger partial charge on any atom is 0.311 e. The van der Waals surface area contributed by atoms with Gasteiger partial charge in [-0.1, -0.05) is 32.9 Å². The molecule has 0 bridgehead atoms. The molecule has 0 fully saturated rings. The van der Waals surface area contributed by atoms with Crippen LogP contribution in [0.4, 0.5) is 0 Å². The molecule has 3 atom stereocenters. The third-order valence-corrected chi connectivity index (χ3v) is 10.3. The first-order chi connectivity index (χ1) is 12.0. The maximum absolute atomic E-state index is 11.9. The highest BCUT2D eigenvalue weighted by Gasteiger charge is 2.47. The van der Waals surface area contributed by atoms with Gasteiger partial charge in [0.05, 0.1) is 18.1 Å². The molecule has 0 aliphatic heterocycles. The van der Waals surface area contributed by atoms with Crippen LogP contribution in [0.25, 0.3) is 0 Å². The van der Waals surface area contributed by atoms with Crippen LogP contribution in [0, 0.1) is 5.41 Å². The van der Waals surface area contributed by atoms with E-state index in [0.717, 1.165) is 18.1 Å². The quantitative estimate of drug-likeness (QED) is 0.273. The summed E-state index contributed by atoms with van der Waals surface area (Å²) >= 11 is 0. The molecule has 0 amide bonds. The molecule has 0 aromatic heterocycles. The molecule has 0 radical (unpaired) electrons. The fraction of sp³-hybridized carbons (Fsp3) is 0.850. The summed E-state index contributed by atoms with van der Waals surface area (Å²) in [5.41, 5.74) is -1.87. The number of aliphatic hydroxyl groups excluding tert-OH is 1. The third kappa shape index (κ3) is 5.65. The third-order valence-electron chi connectivity index (χ3n) is 5.63. The molecular formula is C20H38O5Si. The Balaban J connectivity index is 2.76. The molecule has 26 heavy (non-hydrogen) atoms. The van der Waals surface area contributed by atoms with Gasteiger partial charge in [0.1, 0.15) is 11.7 Å². The van der Waals surface area contributed by atoms with Gasteiger partial charge >= 0.3 is 5.97 Å². The van der Waals surface area contributed by atoms with Gasteiger partial charge in [0.2, 0.25) is 0 Å². The molecule has 0 aromatic carbocycles. The van der Waals surface area contributed by atoms with Crippen LogP contribution >= 0.6 is 0 Å². The number of ether oxygens (including phenoxy) is 1. The fourth-order valence-corrected chi connectivity index (χ4v) is 6.29. The van der Waals surface area contributed by atoms with E-state index in [1.54, 1.807) is 6.08 Å². The second-order valence-electron chi connectivity index (χ2n) is 8.44. The van der Waals surface area contributed by atoms with E-state index in [1.807, 2.05) is 26.8 Å². The van der Waals surface area contributed by atoms with Crippen molar-refractivity contribution in [3.8, 4) is 0 Å². The highest BCUT2D eigenvalue weighted by Crippen LogP contribution is 2.36. The van der Waals surface area contributed by atoms with Crippen LogP contribution in [-0.4, -0.2) is 48.9 Å². The van der Waals surface area contributed by atoms with Crippen LogP contribution in [0.2, 0.25) is 18.1 Å². The summed E-state index contributed by atoms with van der Waals surface area (Å²) in [5, 5.41) is 21.7. The monoisotopic (exact) mass is 386 g/mol. The van der Waals surface area contributed by atoms with Crippen molar-refractivity contribution >= 4 is 14.3 Å². The van der Waals surface area contributed by atoms with Gasteiger partial charge in [-0.25, -0.2) is 0 Å². The van der Waals surface area contributed by atoms with Gasteiger partial charge in [-0.05, 0) is 58.2 Å². The molecule has 1 rings (SSSR count). The van der Waals surface area contributed by atoms with Gasteiger partial charge in [-0.3, -0.25) is 4.79 Å². The minimum absolute atomic E-state index is 0.236. The standard InChI is InChI=1S/C20H38O5Si/c1-7-26(8-2,9-3)25-17-13-10-12-16(21)20(17,23)14-11-15-24-18(22)19(4,5)6/h10,12,16-17,21,23H,7-9,11,13-15H2,1-6H3/t16-,17-,20-/m1/s1. The lowest BCUT2D eigenvalue weighted by molar-refractivity contribution is -0.155. The van der Waals surface area contributed by atoms with Crippen molar-refractivity contribution < 1.29 is 24.2 Å². The largest absolute Gasteiger partial charge is 0.465 e. The molecule has 1 aliphatic carbocycles. The highest BCUT2D eigenvalue weighted by molar-refractivity contribution is 6.73. The number of rotatable bonds is 9. The molecular weight excluding hydrogens is 348 g/mol. The second kappa shape index (κ2) is 9.49. The number of hydrogen-bond acceptors (Lipinski definition) is 5. The van der Waals surface area contributed by atoms with E-state index in [2.05, 4.69) is 20.8 Å². The minimum atomic E-state index is -1.90. The highest BCUT2D eigenvalue weighted by atomic mass is 28.4.